The minimum Gasteiger partial charge on any atom is -0.384 e. The molecule has 2 aliphatic rings. The molecule has 98 valence electrons. The number of allylic oxidation sites excluding steroid dienone is 1. The number of rotatable bonds is 4. The van der Waals surface area contributed by atoms with E-state index in [-0.39, 0.29) is 0 Å². The molecule has 0 N–H and O–H groups in total. The van der Waals surface area contributed by atoms with Gasteiger partial charge in [-0.2, -0.15) is 0 Å². The summed E-state index contributed by atoms with van der Waals surface area (Å²) < 4.78 is 5.28. The second-order valence-electron chi connectivity index (χ2n) is 6.15. The van der Waals surface area contributed by atoms with Crippen molar-refractivity contribution >= 4 is 0 Å². The summed E-state index contributed by atoms with van der Waals surface area (Å²) >= 11 is 0. The monoisotopic (exact) mass is 236 g/mol. The maximum Gasteiger partial charge on any atom is 0.0490 e. The zero-order valence-electron chi connectivity index (χ0n) is 11.4. The Morgan fingerprint density at radius 2 is 1.47 bits per heavy atom. The van der Waals surface area contributed by atoms with E-state index in [0.29, 0.717) is 0 Å². The molecule has 0 bridgehead atoms. The summed E-state index contributed by atoms with van der Waals surface area (Å²) in [6.45, 7) is 4.92. The number of methoxy groups -OCH3 is 1. The zero-order chi connectivity index (χ0) is 12.1. The molecule has 0 amide bonds. The molecular weight excluding hydrogens is 208 g/mol. The molecule has 0 unspecified atom stereocenters. The van der Waals surface area contributed by atoms with Crippen molar-refractivity contribution in [2.45, 2.75) is 51.4 Å². The minimum absolute atomic E-state index is 0.816. The summed E-state index contributed by atoms with van der Waals surface area (Å²) in [6.07, 6.45) is 13.6. The Morgan fingerprint density at radius 3 is 1.94 bits per heavy atom. The fourth-order valence-corrected chi connectivity index (χ4v) is 3.91. The SMILES string of the molecule is C=CC1CCC(C2CCC(COC)CC2)CC1. The first-order valence-corrected chi connectivity index (χ1v) is 7.45. The number of hydrogen-bond donors (Lipinski definition) is 0. The lowest BCUT2D eigenvalue weighted by molar-refractivity contribution is 0.0957. The Balaban J connectivity index is 1.72. The topological polar surface area (TPSA) is 9.23 Å². The predicted octanol–water partition coefficient (Wildman–Crippen LogP) is 4.43. The first-order valence-electron chi connectivity index (χ1n) is 7.45. The number of hydrogen-bond acceptors (Lipinski definition) is 1. The second-order valence-corrected chi connectivity index (χ2v) is 6.15. The van der Waals surface area contributed by atoms with Crippen LogP contribution in [0.5, 0.6) is 0 Å². The first kappa shape index (κ1) is 13.1. The van der Waals surface area contributed by atoms with Gasteiger partial charge in [0.05, 0.1) is 0 Å². The Bertz CT molecular complexity index is 220. The second kappa shape index (κ2) is 6.58. The molecule has 2 saturated carbocycles. The van der Waals surface area contributed by atoms with Crippen molar-refractivity contribution in [2.24, 2.45) is 23.7 Å². The standard InChI is InChI=1S/C16H28O/c1-3-13-4-8-15(9-5-13)16-10-6-14(7-11-16)12-17-2/h3,13-16H,1,4-12H2,2H3. The van der Waals surface area contributed by atoms with Gasteiger partial charge in [0.1, 0.15) is 0 Å². The summed E-state index contributed by atoms with van der Waals surface area (Å²) in [5, 5.41) is 0. The van der Waals surface area contributed by atoms with E-state index in [1.54, 1.807) is 0 Å². The van der Waals surface area contributed by atoms with Crippen LogP contribution in [0.25, 0.3) is 0 Å². The molecule has 0 aromatic heterocycles. The summed E-state index contributed by atoms with van der Waals surface area (Å²) in [5.41, 5.74) is 0. The Hall–Kier alpha value is -0.300. The summed E-state index contributed by atoms with van der Waals surface area (Å²) in [4.78, 5) is 0. The quantitative estimate of drug-likeness (QED) is 0.656. The van der Waals surface area contributed by atoms with Crippen LogP contribution in [0.15, 0.2) is 12.7 Å². The van der Waals surface area contributed by atoms with Gasteiger partial charge in [-0.1, -0.05) is 6.08 Å². The molecule has 2 rings (SSSR count). The largest absolute Gasteiger partial charge is 0.384 e. The third-order valence-electron chi connectivity index (χ3n) is 5.11. The van der Waals surface area contributed by atoms with E-state index in [1.807, 2.05) is 7.11 Å². The molecule has 1 nitrogen and oxygen atoms in total. The van der Waals surface area contributed by atoms with Crippen molar-refractivity contribution in [2.75, 3.05) is 13.7 Å². The van der Waals surface area contributed by atoms with Crippen LogP contribution in [0.4, 0.5) is 0 Å². The smallest absolute Gasteiger partial charge is 0.0490 e. The van der Waals surface area contributed by atoms with Crippen LogP contribution < -0.4 is 0 Å². The molecule has 2 aliphatic carbocycles. The van der Waals surface area contributed by atoms with E-state index in [2.05, 4.69) is 12.7 Å². The van der Waals surface area contributed by atoms with Gasteiger partial charge in [-0.15, -0.1) is 6.58 Å². The maximum absolute atomic E-state index is 5.28. The van der Waals surface area contributed by atoms with Crippen molar-refractivity contribution < 1.29 is 4.74 Å². The van der Waals surface area contributed by atoms with Crippen LogP contribution in [-0.4, -0.2) is 13.7 Å². The highest BCUT2D eigenvalue weighted by Crippen LogP contribution is 2.41. The van der Waals surface area contributed by atoms with Crippen LogP contribution in [-0.2, 0) is 4.74 Å². The van der Waals surface area contributed by atoms with Crippen molar-refractivity contribution in [1.29, 1.82) is 0 Å². The van der Waals surface area contributed by atoms with Gasteiger partial charge in [-0.05, 0) is 75.0 Å². The Morgan fingerprint density at radius 1 is 0.941 bits per heavy atom. The van der Waals surface area contributed by atoms with E-state index in [4.69, 9.17) is 4.74 Å². The molecule has 1 heteroatoms. The summed E-state index contributed by atoms with van der Waals surface area (Å²) in [6, 6.07) is 0. The highest BCUT2D eigenvalue weighted by atomic mass is 16.5. The maximum atomic E-state index is 5.28. The highest BCUT2D eigenvalue weighted by Gasteiger charge is 2.30. The average molecular weight is 236 g/mol. The minimum atomic E-state index is 0.816. The van der Waals surface area contributed by atoms with Crippen molar-refractivity contribution in [3.63, 3.8) is 0 Å². The Kier molecular flexibility index (Phi) is 5.09. The average Bonchev–Trinajstić information content (AvgIpc) is 2.40. The molecule has 2 fully saturated rings. The molecule has 0 saturated heterocycles. The molecule has 0 atom stereocenters. The lowest BCUT2D eigenvalue weighted by Gasteiger charge is -2.37. The van der Waals surface area contributed by atoms with Gasteiger partial charge in [-0.3, -0.25) is 0 Å². The Labute approximate surface area is 107 Å². The van der Waals surface area contributed by atoms with E-state index >= 15 is 0 Å². The van der Waals surface area contributed by atoms with Crippen molar-refractivity contribution in [3.8, 4) is 0 Å². The third kappa shape index (κ3) is 3.58. The van der Waals surface area contributed by atoms with Crippen LogP contribution >= 0.6 is 0 Å². The zero-order valence-corrected chi connectivity index (χ0v) is 11.4. The van der Waals surface area contributed by atoms with Gasteiger partial charge in [0.25, 0.3) is 0 Å². The van der Waals surface area contributed by atoms with Crippen LogP contribution in [0.2, 0.25) is 0 Å². The highest BCUT2D eigenvalue weighted by molar-refractivity contribution is 4.87. The van der Waals surface area contributed by atoms with Crippen LogP contribution in [0.3, 0.4) is 0 Å². The first-order chi connectivity index (χ1) is 8.33. The van der Waals surface area contributed by atoms with Crippen molar-refractivity contribution in [3.05, 3.63) is 12.7 Å². The molecule has 17 heavy (non-hydrogen) atoms. The van der Waals surface area contributed by atoms with Crippen molar-refractivity contribution in [1.82, 2.24) is 0 Å². The lowest BCUT2D eigenvalue weighted by Crippen LogP contribution is -2.26. The predicted molar refractivity (Wildman–Crippen MR) is 73.0 cm³/mol. The molecule has 0 aliphatic heterocycles. The van der Waals surface area contributed by atoms with E-state index < -0.39 is 0 Å². The molecule has 0 spiro atoms. The summed E-state index contributed by atoms with van der Waals surface area (Å²) in [5.74, 6) is 3.71. The van der Waals surface area contributed by atoms with Gasteiger partial charge in [0.2, 0.25) is 0 Å². The van der Waals surface area contributed by atoms with E-state index in [9.17, 15) is 0 Å². The van der Waals surface area contributed by atoms with E-state index in [0.717, 1.165) is 30.3 Å². The molecule has 0 aromatic carbocycles. The molecule has 0 aromatic rings. The number of ether oxygens (including phenoxy) is 1. The summed E-state index contributed by atoms with van der Waals surface area (Å²) in [7, 11) is 1.84. The molecule has 0 heterocycles. The lowest BCUT2D eigenvalue weighted by atomic mass is 9.69. The fourth-order valence-electron chi connectivity index (χ4n) is 3.91. The van der Waals surface area contributed by atoms with Crippen LogP contribution in [0.1, 0.15) is 51.4 Å². The normalized spacial score (nSPS) is 38.9. The molecular formula is C16H28O. The van der Waals surface area contributed by atoms with Crippen LogP contribution in [0, 0.1) is 23.7 Å². The third-order valence-corrected chi connectivity index (χ3v) is 5.11. The van der Waals surface area contributed by atoms with Gasteiger partial charge in [0.15, 0.2) is 0 Å². The molecule has 0 radical (unpaired) electrons. The van der Waals surface area contributed by atoms with E-state index in [1.165, 1.54) is 51.4 Å². The van der Waals surface area contributed by atoms with Gasteiger partial charge >= 0.3 is 0 Å². The fraction of sp³-hybridized carbons (Fsp3) is 0.875. The van der Waals surface area contributed by atoms with Gasteiger partial charge in [-0.25, -0.2) is 0 Å². The van der Waals surface area contributed by atoms with Gasteiger partial charge < -0.3 is 4.74 Å². The van der Waals surface area contributed by atoms with Gasteiger partial charge in [0, 0.05) is 13.7 Å².